The molecule has 2 aromatic heterocycles. The van der Waals surface area contributed by atoms with E-state index in [4.69, 9.17) is 0 Å². The quantitative estimate of drug-likeness (QED) is 0.912. The van der Waals surface area contributed by atoms with Gasteiger partial charge in [-0.05, 0) is 44.1 Å². The highest BCUT2D eigenvalue weighted by atomic mass is 16.3. The van der Waals surface area contributed by atoms with E-state index < -0.39 is 0 Å². The van der Waals surface area contributed by atoms with Crippen molar-refractivity contribution in [1.29, 1.82) is 0 Å². The Kier molecular flexibility index (Phi) is 4.47. The molecule has 0 aromatic carbocycles. The molecule has 0 atom stereocenters. The monoisotopic (exact) mass is 327 g/mol. The molecule has 0 bridgehead atoms. The van der Waals surface area contributed by atoms with E-state index in [-0.39, 0.29) is 6.10 Å². The number of hydrogen-bond donors (Lipinski definition) is 1. The summed E-state index contributed by atoms with van der Waals surface area (Å²) in [4.78, 5) is 11.3. The minimum atomic E-state index is -0.140. The van der Waals surface area contributed by atoms with Crippen molar-refractivity contribution in [3.05, 3.63) is 36.5 Å². The first kappa shape index (κ1) is 15.6. The molecule has 2 fully saturated rings. The van der Waals surface area contributed by atoms with Crippen LogP contribution in [0, 0.1) is 5.92 Å². The number of anilines is 1. The van der Waals surface area contributed by atoms with E-state index in [1.165, 1.54) is 19.3 Å². The molecule has 0 spiro atoms. The second-order valence-corrected chi connectivity index (χ2v) is 7.11. The van der Waals surface area contributed by atoms with Gasteiger partial charge < -0.3 is 10.0 Å². The van der Waals surface area contributed by atoms with Crippen molar-refractivity contribution in [2.24, 2.45) is 5.92 Å². The van der Waals surface area contributed by atoms with Crippen molar-refractivity contribution in [3.63, 3.8) is 0 Å². The standard InChI is InChI=1S/C18H25N5O/c24-16-10-15(11-16)17-12-18(20-13-19-17)22-7-2-14(3-8-22)4-9-23-6-1-5-21-23/h1,5-6,12-16,24H,2-4,7-11H2. The molecule has 128 valence electrons. The average Bonchev–Trinajstić information content (AvgIpc) is 3.11. The molecule has 2 aliphatic rings. The van der Waals surface area contributed by atoms with Gasteiger partial charge in [-0.25, -0.2) is 9.97 Å². The number of aliphatic hydroxyl groups excluding tert-OH is 1. The van der Waals surface area contributed by atoms with Gasteiger partial charge in [0.05, 0.1) is 6.10 Å². The number of nitrogens with zero attached hydrogens (tertiary/aromatic N) is 5. The molecular formula is C18H25N5O. The molecule has 6 heteroatoms. The van der Waals surface area contributed by atoms with Gasteiger partial charge in [-0.1, -0.05) is 0 Å². The van der Waals surface area contributed by atoms with Crippen LogP contribution in [0.25, 0.3) is 0 Å². The van der Waals surface area contributed by atoms with Gasteiger partial charge in [-0.15, -0.1) is 0 Å². The van der Waals surface area contributed by atoms with E-state index in [0.717, 1.165) is 49.9 Å². The number of hydrogen-bond acceptors (Lipinski definition) is 5. The third-order valence-corrected chi connectivity index (χ3v) is 5.47. The molecule has 2 aromatic rings. The van der Waals surface area contributed by atoms with Crippen LogP contribution in [-0.4, -0.2) is 44.0 Å². The van der Waals surface area contributed by atoms with E-state index in [1.807, 2.05) is 23.1 Å². The third-order valence-electron chi connectivity index (χ3n) is 5.47. The highest BCUT2D eigenvalue weighted by Crippen LogP contribution is 2.36. The maximum Gasteiger partial charge on any atom is 0.132 e. The van der Waals surface area contributed by atoms with Gasteiger partial charge in [0.2, 0.25) is 0 Å². The predicted octanol–water partition coefficient (Wildman–Crippen LogP) is 2.22. The molecule has 1 N–H and O–H groups in total. The Morgan fingerprint density at radius 3 is 2.71 bits per heavy atom. The lowest BCUT2D eigenvalue weighted by molar-refractivity contribution is 0.0732. The summed E-state index contributed by atoms with van der Waals surface area (Å²) in [5.41, 5.74) is 1.09. The van der Waals surface area contributed by atoms with Crippen molar-refractivity contribution >= 4 is 5.82 Å². The molecule has 4 rings (SSSR count). The summed E-state index contributed by atoms with van der Waals surface area (Å²) in [7, 11) is 0. The SMILES string of the molecule is OC1CC(c2cc(N3CCC(CCn4cccn4)CC3)ncn2)C1. The molecule has 1 aliphatic heterocycles. The van der Waals surface area contributed by atoms with Gasteiger partial charge in [-0.2, -0.15) is 5.10 Å². The highest BCUT2D eigenvalue weighted by Gasteiger charge is 2.30. The van der Waals surface area contributed by atoms with Gasteiger partial charge in [-0.3, -0.25) is 4.68 Å². The predicted molar refractivity (Wildman–Crippen MR) is 91.8 cm³/mol. The van der Waals surface area contributed by atoms with Crippen LogP contribution in [-0.2, 0) is 6.54 Å². The zero-order valence-corrected chi connectivity index (χ0v) is 14.0. The van der Waals surface area contributed by atoms with E-state index in [1.54, 1.807) is 6.33 Å². The van der Waals surface area contributed by atoms with Crippen LogP contribution in [0.4, 0.5) is 5.82 Å². The first-order valence-corrected chi connectivity index (χ1v) is 9.00. The molecule has 24 heavy (non-hydrogen) atoms. The molecule has 0 unspecified atom stereocenters. The Labute approximate surface area is 142 Å². The molecule has 1 saturated heterocycles. The Morgan fingerprint density at radius 1 is 1.17 bits per heavy atom. The summed E-state index contributed by atoms with van der Waals surface area (Å²) < 4.78 is 2.02. The number of aryl methyl sites for hydroxylation is 1. The zero-order chi connectivity index (χ0) is 16.4. The molecule has 0 radical (unpaired) electrons. The lowest BCUT2D eigenvalue weighted by Gasteiger charge is -2.34. The van der Waals surface area contributed by atoms with Crippen molar-refractivity contribution < 1.29 is 5.11 Å². The smallest absolute Gasteiger partial charge is 0.132 e. The maximum atomic E-state index is 9.49. The second-order valence-electron chi connectivity index (χ2n) is 7.11. The lowest BCUT2D eigenvalue weighted by atomic mass is 9.80. The van der Waals surface area contributed by atoms with Gasteiger partial charge in [0, 0.05) is 49.7 Å². The molecule has 3 heterocycles. The average molecular weight is 327 g/mol. The second kappa shape index (κ2) is 6.89. The Bertz CT molecular complexity index is 645. The van der Waals surface area contributed by atoms with Crippen molar-refractivity contribution in [2.75, 3.05) is 18.0 Å². The minimum Gasteiger partial charge on any atom is -0.393 e. The number of rotatable bonds is 5. The number of aromatic nitrogens is 4. The van der Waals surface area contributed by atoms with E-state index in [0.29, 0.717) is 5.92 Å². The number of aliphatic hydroxyl groups is 1. The summed E-state index contributed by atoms with van der Waals surface area (Å²) in [6.07, 6.45) is 10.7. The summed E-state index contributed by atoms with van der Waals surface area (Å²) in [6.45, 7) is 3.14. The van der Waals surface area contributed by atoms with Crippen LogP contribution < -0.4 is 4.90 Å². The lowest BCUT2D eigenvalue weighted by Crippen LogP contribution is -2.35. The van der Waals surface area contributed by atoms with Gasteiger partial charge in [0.1, 0.15) is 12.1 Å². The van der Waals surface area contributed by atoms with Crippen LogP contribution >= 0.6 is 0 Å². The highest BCUT2D eigenvalue weighted by molar-refractivity contribution is 5.40. The maximum absolute atomic E-state index is 9.49. The van der Waals surface area contributed by atoms with Crippen LogP contribution in [0.15, 0.2) is 30.9 Å². The minimum absolute atomic E-state index is 0.140. The van der Waals surface area contributed by atoms with Crippen molar-refractivity contribution in [2.45, 2.75) is 50.7 Å². The Hall–Kier alpha value is -1.95. The van der Waals surface area contributed by atoms with Crippen LogP contribution in [0.1, 0.15) is 43.7 Å². The molecule has 1 aliphatic carbocycles. The molecule has 0 amide bonds. The van der Waals surface area contributed by atoms with E-state index in [2.05, 4.69) is 26.0 Å². The third kappa shape index (κ3) is 3.43. The van der Waals surface area contributed by atoms with Crippen LogP contribution in [0.3, 0.4) is 0 Å². The van der Waals surface area contributed by atoms with Gasteiger partial charge in [0.25, 0.3) is 0 Å². The van der Waals surface area contributed by atoms with Crippen LogP contribution in [0.2, 0.25) is 0 Å². The first-order chi connectivity index (χ1) is 11.8. The van der Waals surface area contributed by atoms with Crippen LogP contribution in [0.5, 0.6) is 0 Å². The van der Waals surface area contributed by atoms with Crippen molar-refractivity contribution in [1.82, 2.24) is 19.7 Å². The fourth-order valence-electron chi connectivity index (χ4n) is 3.79. The topological polar surface area (TPSA) is 67.1 Å². The molecule has 6 nitrogen and oxygen atoms in total. The van der Waals surface area contributed by atoms with Gasteiger partial charge in [0.15, 0.2) is 0 Å². The Morgan fingerprint density at radius 2 is 2.00 bits per heavy atom. The zero-order valence-electron chi connectivity index (χ0n) is 14.0. The largest absolute Gasteiger partial charge is 0.393 e. The Balaban J connectivity index is 1.30. The summed E-state index contributed by atoms with van der Waals surface area (Å²) in [5, 5.41) is 13.8. The molecular weight excluding hydrogens is 302 g/mol. The van der Waals surface area contributed by atoms with E-state index >= 15 is 0 Å². The summed E-state index contributed by atoms with van der Waals surface area (Å²) >= 11 is 0. The van der Waals surface area contributed by atoms with E-state index in [9.17, 15) is 5.11 Å². The summed E-state index contributed by atoms with van der Waals surface area (Å²) in [5.74, 6) is 2.23. The van der Waals surface area contributed by atoms with Crippen molar-refractivity contribution in [3.8, 4) is 0 Å². The fourth-order valence-corrected chi connectivity index (χ4v) is 3.79. The molecule has 1 saturated carbocycles. The normalized spacial score (nSPS) is 24.8. The van der Waals surface area contributed by atoms with Gasteiger partial charge >= 0.3 is 0 Å². The summed E-state index contributed by atoms with van der Waals surface area (Å²) in [6, 6.07) is 4.11. The fraction of sp³-hybridized carbons (Fsp3) is 0.611. The first-order valence-electron chi connectivity index (χ1n) is 9.00. The number of piperidine rings is 1.